The molecule has 4 aromatic rings. The maximum absolute atomic E-state index is 12.2. The van der Waals surface area contributed by atoms with Crippen LogP contribution in [0, 0.1) is 0 Å². The molecule has 4 rings (SSSR count). The zero-order chi connectivity index (χ0) is 14.9. The molecular weight excluding hydrogens is 280 g/mol. The van der Waals surface area contributed by atoms with E-state index in [9.17, 15) is 4.79 Å². The zero-order valence-corrected chi connectivity index (χ0v) is 11.5. The van der Waals surface area contributed by atoms with Gasteiger partial charge >= 0.3 is 0 Å². The van der Waals surface area contributed by atoms with Gasteiger partial charge in [0.05, 0.1) is 23.9 Å². The minimum atomic E-state index is -0.182. The van der Waals surface area contributed by atoms with Gasteiger partial charge in [-0.15, -0.1) is 0 Å². The van der Waals surface area contributed by atoms with E-state index in [-0.39, 0.29) is 12.5 Å². The molecule has 6 heteroatoms. The minimum absolute atomic E-state index is 0.182. The highest BCUT2D eigenvalue weighted by molar-refractivity contribution is 5.97. The summed E-state index contributed by atoms with van der Waals surface area (Å²) in [6, 6.07) is 12.8. The number of aromatic amines is 1. The van der Waals surface area contributed by atoms with Crippen LogP contribution < -0.4 is 5.32 Å². The van der Waals surface area contributed by atoms with Crippen molar-refractivity contribution >= 4 is 28.0 Å². The number of amides is 1. The van der Waals surface area contributed by atoms with E-state index in [1.165, 1.54) is 0 Å². The Balaban J connectivity index is 1.51. The normalized spacial score (nSPS) is 11.1. The van der Waals surface area contributed by atoms with E-state index >= 15 is 0 Å². The summed E-state index contributed by atoms with van der Waals surface area (Å²) < 4.78 is 5.57. The first-order chi connectivity index (χ1) is 10.8. The number of fused-ring (bicyclic) bond motifs is 2. The second-order valence-corrected chi connectivity index (χ2v) is 4.89. The molecule has 2 N–H and O–H groups in total. The van der Waals surface area contributed by atoms with E-state index < -0.39 is 0 Å². The number of aromatic nitrogens is 3. The molecule has 2 heterocycles. The molecule has 0 unspecified atom stereocenters. The Morgan fingerprint density at radius 3 is 3.00 bits per heavy atom. The van der Waals surface area contributed by atoms with Gasteiger partial charge in [0, 0.05) is 5.56 Å². The molecule has 22 heavy (non-hydrogen) atoms. The first kappa shape index (κ1) is 12.6. The summed E-state index contributed by atoms with van der Waals surface area (Å²) in [5, 5.41) is 2.80. The Hall–Kier alpha value is -3.15. The van der Waals surface area contributed by atoms with Crippen molar-refractivity contribution in [3.05, 3.63) is 60.2 Å². The van der Waals surface area contributed by atoms with E-state index in [0.717, 1.165) is 16.6 Å². The van der Waals surface area contributed by atoms with Crippen LogP contribution in [-0.2, 0) is 6.54 Å². The van der Waals surface area contributed by atoms with E-state index in [4.69, 9.17) is 4.42 Å². The van der Waals surface area contributed by atoms with Crippen LogP contribution in [0.3, 0.4) is 0 Å². The Morgan fingerprint density at radius 1 is 1.18 bits per heavy atom. The van der Waals surface area contributed by atoms with Gasteiger partial charge in [-0.05, 0) is 30.3 Å². The van der Waals surface area contributed by atoms with E-state index in [2.05, 4.69) is 20.3 Å². The molecule has 0 saturated heterocycles. The molecule has 108 valence electrons. The van der Waals surface area contributed by atoms with Crippen LogP contribution in [0.25, 0.3) is 22.1 Å². The number of hydrogen-bond acceptors (Lipinski definition) is 4. The van der Waals surface area contributed by atoms with Crippen LogP contribution >= 0.6 is 0 Å². The molecule has 6 nitrogen and oxygen atoms in total. The molecule has 2 aromatic carbocycles. The largest absolute Gasteiger partial charge is 0.439 e. The predicted octanol–water partition coefficient (Wildman–Crippen LogP) is 2.63. The van der Waals surface area contributed by atoms with Crippen LogP contribution in [0.2, 0.25) is 0 Å². The van der Waals surface area contributed by atoms with E-state index in [1.807, 2.05) is 24.3 Å². The van der Waals surface area contributed by atoms with Gasteiger partial charge in [0.15, 0.2) is 5.58 Å². The Bertz CT molecular complexity index is 937. The number of carbonyl (C=O) groups is 1. The third kappa shape index (κ3) is 2.20. The van der Waals surface area contributed by atoms with Gasteiger partial charge in [0.2, 0.25) is 5.89 Å². The second kappa shape index (κ2) is 5.00. The van der Waals surface area contributed by atoms with Crippen LogP contribution in [0.4, 0.5) is 0 Å². The standard InChI is InChI=1S/C16H12N4O2/c21-16(10-5-6-11-13(7-10)19-9-18-11)17-8-15-20-12-3-1-2-4-14(12)22-15/h1-7,9H,8H2,(H,17,21)(H,18,19). The number of para-hydroxylation sites is 2. The fourth-order valence-electron chi connectivity index (χ4n) is 2.33. The zero-order valence-electron chi connectivity index (χ0n) is 11.5. The van der Waals surface area contributed by atoms with Crippen molar-refractivity contribution in [2.45, 2.75) is 6.54 Å². The number of nitrogens with zero attached hydrogens (tertiary/aromatic N) is 2. The van der Waals surface area contributed by atoms with E-state index in [1.54, 1.807) is 24.5 Å². The lowest BCUT2D eigenvalue weighted by atomic mass is 10.2. The van der Waals surface area contributed by atoms with Crippen molar-refractivity contribution in [1.82, 2.24) is 20.3 Å². The maximum Gasteiger partial charge on any atom is 0.251 e. The fraction of sp³-hybridized carbons (Fsp3) is 0.0625. The Morgan fingerprint density at radius 2 is 2.09 bits per heavy atom. The number of hydrogen-bond donors (Lipinski definition) is 2. The van der Waals surface area contributed by atoms with Crippen molar-refractivity contribution in [1.29, 1.82) is 0 Å². The average molecular weight is 292 g/mol. The van der Waals surface area contributed by atoms with Crippen molar-refractivity contribution in [3.63, 3.8) is 0 Å². The summed E-state index contributed by atoms with van der Waals surface area (Å²) in [7, 11) is 0. The maximum atomic E-state index is 12.2. The lowest BCUT2D eigenvalue weighted by Crippen LogP contribution is -2.22. The molecule has 0 fully saturated rings. The quantitative estimate of drug-likeness (QED) is 0.608. The monoisotopic (exact) mass is 292 g/mol. The van der Waals surface area contributed by atoms with Crippen LogP contribution in [0.1, 0.15) is 16.2 Å². The molecule has 0 aliphatic heterocycles. The summed E-state index contributed by atoms with van der Waals surface area (Å²) in [6.45, 7) is 0.245. The van der Waals surface area contributed by atoms with Crippen molar-refractivity contribution < 1.29 is 9.21 Å². The second-order valence-electron chi connectivity index (χ2n) is 4.89. The topological polar surface area (TPSA) is 83.8 Å². The summed E-state index contributed by atoms with van der Waals surface area (Å²) in [6.07, 6.45) is 1.60. The number of benzene rings is 2. The third-order valence-corrected chi connectivity index (χ3v) is 3.42. The number of H-pyrrole nitrogens is 1. The molecule has 0 atom stereocenters. The van der Waals surface area contributed by atoms with Crippen molar-refractivity contribution in [2.24, 2.45) is 0 Å². The molecule has 2 aromatic heterocycles. The summed E-state index contributed by atoms with van der Waals surface area (Å²) in [4.78, 5) is 23.6. The van der Waals surface area contributed by atoms with Crippen molar-refractivity contribution in [3.8, 4) is 0 Å². The third-order valence-electron chi connectivity index (χ3n) is 3.42. The number of carbonyl (C=O) groups excluding carboxylic acids is 1. The number of rotatable bonds is 3. The molecule has 0 saturated carbocycles. The van der Waals surface area contributed by atoms with Gasteiger partial charge in [-0.1, -0.05) is 12.1 Å². The number of nitrogens with one attached hydrogen (secondary N) is 2. The summed E-state index contributed by atoms with van der Waals surface area (Å²) in [5.74, 6) is 0.302. The van der Waals surface area contributed by atoms with Crippen LogP contribution in [-0.4, -0.2) is 20.9 Å². The lowest BCUT2D eigenvalue weighted by molar-refractivity contribution is 0.0947. The molecule has 0 radical (unpaired) electrons. The first-order valence-corrected chi connectivity index (χ1v) is 6.85. The minimum Gasteiger partial charge on any atom is -0.439 e. The van der Waals surface area contributed by atoms with E-state index in [0.29, 0.717) is 17.0 Å². The molecule has 0 spiro atoms. The summed E-state index contributed by atoms with van der Waals surface area (Å²) in [5.41, 5.74) is 3.72. The van der Waals surface area contributed by atoms with Gasteiger partial charge in [-0.2, -0.15) is 0 Å². The molecule has 0 bridgehead atoms. The van der Waals surface area contributed by atoms with Crippen LogP contribution in [0.5, 0.6) is 0 Å². The smallest absolute Gasteiger partial charge is 0.251 e. The predicted molar refractivity (Wildman–Crippen MR) is 81.3 cm³/mol. The lowest BCUT2D eigenvalue weighted by Gasteiger charge is -2.02. The molecule has 0 aliphatic carbocycles. The summed E-state index contributed by atoms with van der Waals surface area (Å²) >= 11 is 0. The van der Waals surface area contributed by atoms with Gasteiger partial charge in [-0.3, -0.25) is 4.79 Å². The highest BCUT2D eigenvalue weighted by atomic mass is 16.3. The Labute approximate surface area is 125 Å². The Kier molecular flexibility index (Phi) is 2.86. The number of oxazole rings is 1. The van der Waals surface area contributed by atoms with Gasteiger partial charge in [0.1, 0.15) is 5.52 Å². The van der Waals surface area contributed by atoms with Gasteiger partial charge in [-0.25, -0.2) is 9.97 Å². The SMILES string of the molecule is O=C(NCc1nc2ccccc2o1)c1ccc2nc[nH]c2c1. The molecule has 0 aliphatic rings. The van der Waals surface area contributed by atoms with Crippen LogP contribution in [0.15, 0.2) is 53.2 Å². The number of imidazole rings is 1. The molecular formula is C16H12N4O2. The van der Waals surface area contributed by atoms with Gasteiger partial charge < -0.3 is 14.7 Å². The first-order valence-electron chi connectivity index (χ1n) is 6.85. The average Bonchev–Trinajstić information content (AvgIpc) is 3.17. The van der Waals surface area contributed by atoms with Crippen molar-refractivity contribution in [2.75, 3.05) is 0 Å². The van der Waals surface area contributed by atoms with Gasteiger partial charge in [0.25, 0.3) is 5.91 Å². The fourth-order valence-corrected chi connectivity index (χ4v) is 2.33. The molecule has 1 amide bonds. The highest BCUT2D eigenvalue weighted by Gasteiger charge is 2.10. The highest BCUT2D eigenvalue weighted by Crippen LogP contribution is 2.15.